The number of unbranched alkanes of at least 4 members (excludes halogenated alkanes) is 29. The normalized spacial score (nSPS) is 13.1. The van der Waals surface area contributed by atoms with Gasteiger partial charge in [-0.1, -0.05) is 204 Å². The number of allylic oxidation sites excluding steroid dienone is 7. The highest BCUT2D eigenvalue weighted by atomic mass is 16.5. The predicted octanol–water partition coefficient (Wildman–Crippen LogP) is 15.1. The molecule has 2 unspecified atom stereocenters. The van der Waals surface area contributed by atoms with Gasteiger partial charge in [0.2, 0.25) is 5.91 Å². The number of nitrogens with one attached hydrogen (secondary N) is 1. The molecule has 3 N–H and O–H groups in total. The van der Waals surface area contributed by atoms with Crippen molar-refractivity contribution in [3.63, 3.8) is 0 Å². The van der Waals surface area contributed by atoms with Crippen LogP contribution in [0.1, 0.15) is 251 Å². The third-order valence-electron chi connectivity index (χ3n) is 11.3. The first-order valence-electron chi connectivity index (χ1n) is 25.4. The van der Waals surface area contributed by atoms with Gasteiger partial charge in [-0.2, -0.15) is 0 Å². The predicted molar refractivity (Wildman–Crippen MR) is 255 cm³/mol. The molecule has 1 amide bonds. The average molecular weight is 828 g/mol. The molecule has 0 heterocycles. The third-order valence-corrected chi connectivity index (χ3v) is 11.3. The van der Waals surface area contributed by atoms with E-state index < -0.39 is 12.1 Å². The summed E-state index contributed by atoms with van der Waals surface area (Å²) in [5.74, 6) is -0.1000. The topological polar surface area (TPSA) is 95.9 Å². The van der Waals surface area contributed by atoms with Crippen LogP contribution < -0.4 is 5.32 Å². The fourth-order valence-electron chi connectivity index (χ4n) is 7.37. The maximum atomic E-state index is 12.4. The average Bonchev–Trinajstić information content (AvgIpc) is 3.24. The van der Waals surface area contributed by atoms with Crippen LogP contribution in [-0.2, 0) is 14.3 Å². The molecule has 0 aliphatic carbocycles. The smallest absolute Gasteiger partial charge is 0.305 e. The van der Waals surface area contributed by atoms with Crippen molar-refractivity contribution in [1.29, 1.82) is 0 Å². The second kappa shape index (κ2) is 48.5. The van der Waals surface area contributed by atoms with Gasteiger partial charge in [0.15, 0.2) is 0 Å². The largest absolute Gasteiger partial charge is 0.466 e. The zero-order valence-corrected chi connectivity index (χ0v) is 39.0. The molecule has 0 aromatic heterocycles. The van der Waals surface area contributed by atoms with Gasteiger partial charge >= 0.3 is 5.97 Å². The van der Waals surface area contributed by atoms with E-state index in [9.17, 15) is 19.8 Å². The molecule has 0 spiro atoms. The SMILES string of the molecule is CCC/C=C\C/C=C\CCCCCCCC(=O)OCCCCCCCCCCC/C=C\CCCCCCCC(=O)NC(CO)C(O)/C=C/CCCCCCCCCCC. The van der Waals surface area contributed by atoms with Gasteiger partial charge in [-0.05, 0) is 83.5 Å². The molecule has 344 valence electrons. The molecule has 2 atom stereocenters. The number of hydrogen-bond acceptors (Lipinski definition) is 5. The highest BCUT2D eigenvalue weighted by molar-refractivity contribution is 5.76. The minimum Gasteiger partial charge on any atom is -0.466 e. The van der Waals surface area contributed by atoms with Crippen LogP contribution in [0.2, 0.25) is 0 Å². The summed E-state index contributed by atoms with van der Waals surface area (Å²) in [7, 11) is 0. The minimum atomic E-state index is -0.852. The van der Waals surface area contributed by atoms with E-state index in [1.165, 1.54) is 154 Å². The molecule has 0 aromatic rings. The first kappa shape index (κ1) is 56.8. The summed E-state index contributed by atoms with van der Waals surface area (Å²) in [4.78, 5) is 24.4. The first-order chi connectivity index (χ1) is 29.0. The Morgan fingerprint density at radius 2 is 0.881 bits per heavy atom. The van der Waals surface area contributed by atoms with Crippen LogP contribution in [0.25, 0.3) is 0 Å². The van der Waals surface area contributed by atoms with Crippen molar-refractivity contribution < 1.29 is 24.5 Å². The van der Waals surface area contributed by atoms with Crippen LogP contribution in [0, 0.1) is 0 Å². The highest BCUT2D eigenvalue weighted by Crippen LogP contribution is 2.14. The lowest BCUT2D eigenvalue weighted by atomic mass is 10.1. The summed E-state index contributed by atoms with van der Waals surface area (Å²) in [6.07, 6.45) is 59.7. The molecule has 0 radical (unpaired) electrons. The summed E-state index contributed by atoms with van der Waals surface area (Å²) in [5, 5.41) is 22.9. The summed E-state index contributed by atoms with van der Waals surface area (Å²) < 4.78 is 5.45. The summed E-state index contributed by atoms with van der Waals surface area (Å²) in [6, 6.07) is -0.637. The van der Waals surface area contributed by atoms with Gasteiger partial charge in [0.05, 0.1) is 25.4 Å². The van der Waals surface area contributed by atoms with E-state index in [2.05, 4.69) is 55.6 Å². The van der Waals surface area contributed by atoms with Crippen LogP contribution in [-0.4, -0.2) is 47.4 Å². The van der Waals surface area contributed by atoms with Gasteiger partial charge in [0.1, 0.15) is 0 Å². The highest BCUT2D eigenvalue weighted by Gasteiger charge is 2.18. The van der Waals surface area contributed by atoms with Crippen LogP contribution in [0.15, 0.2) is 48.6 Å². The zero-order valence-electron chi connectivity index (χ0n) is 39.0. The third kappa shape index (κ3) is 45.2. The summed E-state index contributed by atoms with van der Waals surface area (Å²) >= 11 is 0. The van der Waals surface area contributed by atoms with Crippen molar-refractivity contribution >= 4 is 11.9 Å². The monoisotopic (exact) mass is 828 g/mol. The van der Waals surface area contributed by atoms with Gasteiger partial charge in [0, 0.05) is 12.8 Å². The quantitative estimate of drug-likeness (QED) is 0.0323. The molecular formula is C53H97NO5. The molecule has 0 rings (SSSR count). The van der Waals surface area contributed by atoms with E-state index >= 15 is 0 Å². The summed E-state index contributed by atoms with van der Waals surface area (Å²) in [5.41, 5.74) is 0. The molecule has 0 aromatic carbocycles. The van der Waals surface area contributed by atoms with Crippen molar-refractivity contribution in [2.24, 2.45) is 0 Å². The maximum absolute atomic E-state index is 12.4. The number of esters is 1. The molecule has 6 nitrogen and oxygen atoms in total. The van der Waals surface area contributed by atoms with E-state index in [4.69, 9.17) is 4.74 Å². The van der Waals surface area contributed by atoms with Crippen molar-refractivity contribution in [2.45, 2.75) is 264 Å². The fourth-order valence-corrected chi connectivity index (χ4v) is 7.37. The number of aliphatic hydroxyl groups excluding tert-OH is 2. The Bertz CT molecular complexity index is 1000. The van der Waals surface area contributed by atoms with E-state index in [0.29, 0.717) is 19.4 Å². The lowest BCUT2D eigenvalue weighted by Gasteiger charge is -2.20. The molecule has 59 heavy (non-hydrogen) atoms. The van der Waals surface area contributed by atoms with Crippen molar-refractivity contribution in [1.82, 2.24) is 5.32 Å². The Balaban J connectivity index is 3.48. The Kier molecular flexibility index (Phi) is 46.7. The standard InChI is InChI=1S/C53H97NO5/c1-3-5-7-9-11-13-15-22-27-31-35-39-43-47-53(58)59-48-44-40-36-32-28-24-21-19-17-16-18-20-23-26-30-34-38-42-46-52(57)54-50(49-55)51(56)45-41-37-33-29-25-14-12-10-8-6-4-2/h7,9,13,15,18,20,41,45,50-51,55-56H,3-6,8,10-12,14,16-17,19,21-40,42-44,46-49H2,1-2H3,(H,54,57)/b9-7-,15-13-,20-18-,45-41+. The fraction of sp³-hybridized carbons (Fsp3) is 0.811. The molecule has 6 heteroatoms. The van der Waals surface area contributed by atoms with Crippen molar-refractivity contribution in [3.05, 3.63) is 48.6 Å². The van der Waals surface area contributed by atoms with Gasteiger partial charge in [-0.15, -0.1) is 0 Å². The number of aliphatic hydroxyl groups is 2. The zero-order chi connectivity index (χ0) is 43.0. The maximum Gasteiger partial charge on any atom is 0.305 e. The molecule has 0 fully saturated rings. The number of amides is 1. The Hall–Kier alpha value is -2.18. The Morgan fingerprint density at radius 3 is 1.37 bits per heavy atom. The van der Waals surface area contributed by atoms with Crippen LogP contribution in [0.3, 0.4) is 0 Å². The second-order valence-corrected chi connectivity index (χ2v) is 17.1. The lowest BCUT2D eigenvalue weighted by molar-refractivity contribution is -0.143. The molecule has 0 saturated carbocycles. The Morgan fingerprint density at radius 1 is 0.475 bits per heavy atom. The van der Waals surface area contributed by atoms with Crippen molar-refractivity contribution in [2.75, 3.05) is 13.2 Å². The first-order valence-corrected chi connectivity index (χ1v) is 25.4. The summed E-state index contributed by atoms with van der Waals surface area (Å²) in [6.45, 7) is 4.79. The van der Waals surface area contributed by atoms with Gasteiger partial charge in [0.25, 0.3) is 0 Å². The number of carbonyl (C=O) groups is 2. The van der Waals surface area contributed by atoms with E-state index in [-0.39, 0.29) is 18.5 Å². The number of hydrogen-bond donors (Lipinski definition) is 3. The van der Waals surface area contributed by atoms with Crippen LogP contribution in [0.5, 0.6) is 0 Å². The van der Waals surface area contributed by atoms with Gasteiger partial charge in [-0.25, -0.2) is 0 Å². The minimum absolute atomic E-state index is 0.0144. The number of ether oxygens (including phenoxy) is 1. The molecule has 0 bridgehead atoms. The van der Waals surface area contributed by atoms with Crippen molar-refractivity contribution in [3.8, 4) is 0 Å². The lowest BCUT2D eigenvalue weighted by Crippen LogP contribution is -2.45. The number of carbonyl (C=O) groups excluding carboxylic acids is 2. The van der Waals surface area contributed by atoms with Crippen LogP contribution >= 0.6 is 0 Å². The molecule has 0 aliphatic heterocycles. The molecular weight excluding hydrogens is 731 g/mol. The van der Waals surface area contributed by atoms with Crippen LogP contribution in [0.4, 0.5) is 0 Å². The second-order valence-electron chi connectivity index (χ2n) is 17.1. The van der Waals surface area contributed by atoms with E-state index in [1.54, 1.807) is 6.08 Å². The van der Waals surface area contributed by atoms with Gasteiger partial charge < -0.3 is 20.3 Å². The number of rotatable bonds is 46. The van der Waals surface area contributed by atoms with E-state index in [1.807, 2.05) is 6.08 Å². The van der Waals surface area contributed by atoms with Gasteiger partial charge in [-0.3, -0.25) is 9.59 Å². The Labute approximate surface area is 366 Å². The molecule has 0 aliphatic rings. The van der Waals surface area contributed by atoms with E-state index in [0.717, 1.165) is 70.6 Å². The molecule has 0 saturated heterocycles.